The number of methoxy groups -OCH3 is 1. The molecule has 0 heterocycles. The van der Waals surface area contributed by atoms with E-state index in [9.17, 15) is 9.59 Å². The van der Waals surface area contributed by atoms with Gasteiger partial charge in [-0.2, -0.15) is 0 Å². The van der Waals surface area contributed by atoms with Gasteiger partial charge in [0.15, 0.2) is 0 Å². The zero-order chi connectivity index (χ0) is 15.9. The van der Waals surface area contributed by atoms with Crippen molar-refractivity contribution in [2.75, 3.05) is 12.4 Å². The molecule has 0 aliphatic heterocycles. The number of anilines is 1. The fraction of sp³-hybridized carbons (Fsp3) is 0.500. The number of benzene rings is 1. The number of carbonyl (C=O) groups excluding carboxylic acids is 2. The molecular weight excluding hydrogens is 282 g/mol. The maximum atomic E-state index is 11.9. The monoisotopic (exact) mass is 305 g/mol. The van der Waals surface area contributed by atoms with E-state index in [1.54, 1.807) is 25.3 Å². The van der Waals surface area contributed by atoms with Crippen LogP contribution in [0.1, 0.15) is 38.2 Å². The minimum absolute atomic E-state index is 0.136. The number of hydrogen-bond acceptors (Lipinski definition) is 3. The van der Waals surface area contributed by atoms with Crippen LogP contribution in [-0.2, 0) is 11.3 Å². The van der Waals surface area contributed by atoms with E-state index in [4.69, 9.17) is 4.74 Å². The third kappa shape index (κ3) is 4.65. The highest BCUT2D eigenvalue weighted by molar-refractivity contribution is 5.88. The highest BCUT2D eigenvalue weighted by Crippen LogP contribution is 2.22. The zero-order valence-electron chi connectivity index (χ0n) is 13.1. The Bertz CT molecular complexity index is 539. The molecule has 6 nitrogen and oxygen atoms in total. The van der Waals surface area contributed by atoms with Crippen molar-refractivity contribution in [2.45, 2.75) is 45.2 Å². The summed E-state index contributed by atoms with van der Waals surface area (Å²) in [4.78, 5) is 23.0. The van der Waals surface area contributed by atoms with Crippen LogP contribution in [0.15, 0.2) is 18.2 Å². The van der Waals surface area contributed by atoms with Crippen molar-refractivity contribution in [3.8, 4) is 5.75 Å². The van der Waals surface area contributed by atoms with E-state index in [1.165, 1.54) is 19.8 Å². The number of ether oxygens (including phenoxy) is 1. The predicted molar refractivity (Wildman–Crippen MR) is 84.9 cm³/mol. The summed E-state index contributed by atoms with van der Waals surface area (Å²) < 4.78 is 5.29. The third-order valence-corrected chi connectivity index (χ3v) is 3.73. The van der Waals surface area contributed by atoms with Gasteiger partial charge < -0.3 is 20.7 Å². The quantitative estimate of drug-likeness (QED) is 0.781. The van der Waals surface area contributed by atoms with Crippen molar-refractivity contribution in [1.82, 2.24) is 10.6 Å². The van der Waals surface area contributed by atoms with Crippen LogP contribution in [0.3, 0.4) is 0 Å². The second kappa shape index (κ2) is 7.68. The van der Waals surface area contributed by atoms with Gasteiger partial charge in [-0.15, -0.1) is 0 Å². The van der Waals surface area contributed by atoms with Crippen molar-refractivity contribution >= 4 is 17.6 Å². The maximum absolute atomic E-state index is 11.9. The van der Waals surface area contributed by atoms with E-state index in [0.29, 0.717) is 18.0 Å². The van der Waals surface area contributed by atoms with Gasteiger partial charge in [0.2, 0.25) is 5.91 Å². The Morgan fingerprint density at radius 1 is 1.27 bits per heavy atom. The molecule has 1 aliphatic rings. The molecule has 1 saturated carbocycles. The Morgan fingerprint density at radius 2 is 2.00 bits per heavy atom. The van der Waals surface area contributed by atoms with Gasteiger partial charge in [0.05, 0.1) is 7.11 Å². The lowest BCUT2D eigenvalue weighted by molar-refractivity contribution is -0.114. The molecule has 1 aliphatic carbocycles. The van der Waals surface area contributed by atoms with Gasteiger partial charge in [0, 0.05) is 30.8 Å². The van der Waals surface area contributed by atoms with Gasteiger partial charge >= 0.3 is 6.03 Å². The first-order valence-corrected chi connectivity index (χ1v) is 7.57. The van der Waals surface area contributed by atoms with Crippen LogP contribution in [0.4, 0.5) is 10.5 Å². The largest absolute Gasteiger partial charge is 0.496 e. The first-order chi connectivity index (χ1) is 10.6. The van der Waals surface area contributed by atoms with Crippen LogP contribution in [-0.4, -0.2) is 25.1 Å². The number of carbonyl (C=O) groups is 2. The van der Waals surface area contributed by atoms with E-state index in [-0.39, 0.29) is 18.0 Å². The summed E-state index contributed by atoms with van der Waals surface area (Å²) in [6.07, 6.45) is 4.46. The van der Waals surface area contributed by atoms with E-state index in [1.807, 2.05) is 0 Å². The van der Waals surface area contributed by atoms with Gasteiger partial charge in [-0.05, 0) is 31.0 Å². The van der Waals surface area contributed by atoms with Crippen LogP contribution >= 0.6 is 0 Å². The van der Waals surface area contributed by atoms with E-state index < -0.39 is 0 Å². The summed E-state index contributed by atoms with van der Waals surface area (Å²) in [5.41, 5.74) is 1.50. The summed E-state index contributed by atoms with van der Waals surface area (Å²) in [5.74, 6) is 0.540. The van der Waals surface area contributed by atoms with Crippen molar-refractivity contribution in [2.24, 2.45) is 0 Å². The smallest absolute Gasteiger partial charge is 0.315 e. The molecule has 6 heteroatoms. The van der Waals surface area contributed by atoms with Crippen LogP contribution in [0, 0.1) is 0 Å². The van der Waals surface area contributed by atoms with Gasteiger partial charge in [-0.1, -0.05) is 12.8 Å². The average Bonchev–Trinajstić information content (AvgIpc) is 2.97. The molecule has 0 atom stereocenters. The second-order valence-electron chi connectivity index (χ2n) is 5.52. The molecular formula is C16H23N3O3. The Hall–Kier alpha value is -2.24. The normalized spacial score (nSPS) is 14.5. The molecule has 0 radical (unpaired) electrons. The van der Waals surface area contributed by atoms with Crippen LogP contribution in [0.5, 0.6) is 5.75 Å². The van der Waals surface area contributed by atoms with Gasteiger partial charge in [0.1, 0.15) is 5.75 Å². The first kappa shape index (κ1) is 16.1. The molecule has 22 heavy (non-hydrogen) atoms. The molecule has 0 bridgehead atoms. The molecule has 0 unspecified atom stereocenters. The molecule has 1 fully saturated rings. The van der Waals surface area contributed by atoms with Crippen LogP contribution in [0.2, 0.25) is 0 Å². The highest BCUT2D eigenvalue weighted by Gasteiger charge is 2.17. The third-order valence-electron chi connectivity index (χ3n) is 3.73. The molecule has 0 spiro atoms. The summed E-state index contributed by atoms with van der Waals surface area (Å²) in [6.45, 7) is 1.80. The molecule has 3 amide bonds. The van der Waals surface area contributed by atoms with Gasteiger partial charge in [-0.25, -0.2) is 4.79 Å². The molecule has 1 aromatic carbocycles. The fourth-order valence-corrected chi connectivity index (χ4v) is 2.68. The number of rotatable bonds is 5. The topological polar surface area (TPSA) is 79.5 Å². The lowest BCUT2D eigenvalue weighted by Gasteiger charge is -2.15. The summed E-state index contributed by atoms with van der Waals surface area (Å²) in [6, 6.07) is 5.46. The number of hydrogen-bond donors (Lipinski definition) is 3. The van der Waals surface area contributed by atoms with Crippen LogP contribution < -0.4 is 20.7 Å². The molecule has 1 aromatic rings. The maximum Gasteiger partial charge on any atom is 0.315 e. The lowest BCUT2D eigenvalue weighted by atomic mass is 10.1. The molecule has 3 N–H and O–H groups in total. The Kier molecular flexibility index (Phi) is 5.63. The molecule has 0 saturated heterocycles. The Balaban J connectivity index is 1.94. The summed E-state index contributed by atoms with van der Waals surface area (Å²) in [7, 11) is 1.58. The van der Waals surface area contributed by atoms with E-state index in [0.717, 1.165) is 18.4 Å². The summed E-state index contributed by atoms with van der Waals surface area (Å²) >= 11 is 0. The van der Waals surface area contributed by atoms with Crippen LogP contribution in [0.25, 0.3) is 0 Å². The number of nitrogens with one attached hydrogen (secondary N) is 3. The minimum Gasteiger partial charge on any atom is -0.496 e. The number of amides is 3. The molecule has 2 rings (SSSR count). The number of urea groups is 1. The first-order valence-electron chi connectivity index (χ1n) is 7.57. The molecule has 0 aromatic heterocycles. The molecule has 120 valence electrons. The lowest BCUT2D eigenvalue weighted by Crippen LogP contribution is -2.40. The highest BCUT2D eigenvalue weighted by atomic mass is 16.5. The van der Waals surface area contributed by atoms with Crippen molar-refractivity contribution in [1.29, 1.82) is 0 Å². The zero-order valence-corrected chi connectivity index (χ0v) is 13.1. The van der Waals surface area contributed by atoms with E-state index >= 15 is 0 Å². The van der Waals surface area contributed by atoms with Crippen molar-refractivity contribution in [3.05, 3.63) is 23.8 Å². The predicted octanol–water partition coefficient (Wildman–Crippen LogP) is 2.40. The fourth-order valence-electron chi connectivity index (χ4n) is 2.68. The average molecular weight is 305 g/mol. The van der Waals surface area contributed by atoms with Gasteiger partial charge in [-0.3, -0.25) is 4.79 Å². The SMILES string of the molecule is COc1ccc(NC(C)=O)cc1CNC(=O)NC1CCCC1. The standard InChI is InChI=1S/C16H23N3O3/c1-11(20)18-14-7-8-15(22-2)12(9-14)10-17-16(21)19-13-5-3-4-6-13/h7-9,13H,3-6,10H2,1-2H3,(H,18,20)(H2,17,19,21). The summed E-state index contributed by atoms with van der Waals surface area (Å²) in [5, 5.41) is 8.53. The Morgan fingerprint density at radius 3 is 2.64 bits per heavy atom. The van der Waals surface area contributed by atoms with Gasteiger partial charge in [0.25, 0.3) is 0 Å². The Labute approximate surface area is 130 Å². The minimum atomic E-state index is -0.168. The van der Waals surface area contributed by atoms with E-state index in [2.05, 4.69) is 16.0 Å². The van der Waals surface area contributed by atoms with Crippen molar-refractivity contribution in [3.63, 3.8) is 0 Å². The second-order valence-corrected chi connectivity index (χ2v) is 5.52. The van der Waals surface area contributed by atoms with Crippen molar-refractivity contribution < 1.29 is 14.3 Å².